The summed E-state index contributed by atoms with van der Waals surface area (Å²) in [4.78, 5) is 39.9. The monoisotopic (exact) mass is 446 g/mol. The molecular formula is C21H23ClN4O5. The number of ether oxygens (including phenoxy) is 1. The minimum atomic E-state index is -0.607. The Morgan fingerprint density at radius 3 is 2.48 bits per heavy atom. The van der Waals surface area contributed by atoms with Crippen LogP contribution in [0.1, 0.15) is 27.6 Å². The van der Waals surface area contributed by atoms with Crippen molar-refractivity contribution in [3.8, 4) is 0 Å². The summed E-state index contributed by atoms with van der Waals surface area (Å²) < 4.78 is 4.79. The number of rotatable bonds is 6. The van der Waals surface area contributed by atoms with Crippen LogP contribution in [0.25, 0.3) is 0 Å². The van der Waals surface area contributed by atoms with Crippen LogP contribution in [0.4, 0.5) is 17.1 Å². The molecule has 10 heteroatoms. The molecule has 0 aliphatic carbocycles. The van der Waals surface area contributed by atoms with Crippen molar-refractivity contribution in [3.63, 3.8) is 0 Å². The average molecular weight is 447 g/mol. The summed E-state index contributed by atoms with van der Waals surface area (Å²) >= 11 is 6.11. The highest BCUT2D eigenvalue weighted by molar-refractivity contribution is 6.34. The maximum absolute atomic E-state index is 12.9. The topological polar surface area (TPSA) is 105 Å². The molecule has 3 rings (SSSR count). The van der Waals surface area contributed by atoms with E-state index in [0.717, 1.165) is 44.5 Å². The number of carbonyl (C=O) groups is 2. The van der Waals surface area contributed by atoms with Gasteiger partial charge < -0.3 is 19.9 Å². The number of hydrogen-bond acceptors (Lipinski definition) is 7. The Morgan fingerprint density at radius 1 is 1.16 bits per heavy atom. The summed E-state index contributed by atoms with van der Waals surface area (Å²) in [5.41, 5.74) is 1.16. The number of methoxy groups -OCH3 is 1. The van der Waals surface area contributed by atoms with Gasteiger partial charge >= 0.3 is 5.97 Å². The van der Waals surface area contributed by atoms with Crippen molar-refractivity contribution in [2.24, 2.45) is 0 Å². The first-order valence-electron chi connectivity index (χ1n) is 9.79. The molecule has 2 aromatic rings. The number of nitrogens with one attached hydrogen (secondary N) is 1. The van der Waals surface area contributed by atoms with E-state index >= 15 is 0 Å². The normalized spacial score (nSPS) is 14.2. The van der Waals surface area contributed by atoms with Crippen LogP contribution in [0.3, 0.4) is 0 Å². The lowest BCUT2D eigenvalue weighted by Crippen LogP contribution is -2.46. The van der Waals surface area contributed by atoms with Gasteiger partial charge in [0, 0.05) is 38.3 Å². The fourth-order valence-corrected chi connectivity index (χ4v) is 3.66. The number of nitro groups is 1. The summed E-state index contributed by atoms with van der Waals surface area (Å²) in [5, 5.41) is 13.9. The average Bonchev–Trinajstić information content (AvgIpc) is 2.78. The van der Waals surface area contributed by atoms with Crippen molar-refractivity contribution >= 4 is 40.5 Å². The zero-order valence-corrected chi connectivity index (χ0v) is 18.0. The molecule has 0 radical (unpaired) electrons. The van der Waals surface area contributed by atoms with Crippen LogP contribution >= 0.6 is 11.6 Å². The van der Waals surface area contributed by atoms with Gasteiger partial charge in [-0.05, 0) is 30.8 Å². The van der Waals surface area contributed by atoms with Gasteiger partial charge in [-0.3, -0.25) is 14.9 Å². The minimum Gasteiger partial charge on any atom is -0.465 e. The molecule has 1 aliphatic rings. The zero-order valence-electron chi connectivity index (χ0n) is 17.3. The molecule has 1 fully saturated rings. The number of nitrogens with zero attached hydrogens (tertiary/aromatic N) is 3. The Balaban J connectivity index is 1.94. The highest BCUT2D eigenvalue weighted by Crippen LogP contribution is 2.30. The number of halogens is 1. The number of nitro benzene ring substituents is 1. The summed E-state index contributed by atoms with van der Waals surface area (Å²) in [7, 11) is 1.28. The SMILES string of the molecule is CCN1CCN(c2ccc(C(=O)OC)cc2NC(=O)c2cc([N+](=O)[O-])ccc2Cl)CC1. The third kappa shape index (κ3) is 5.12. The molecule has 0 spiro atoms. The maximum atomic E-state index is 12.9. The molecule has 9 nitrogen and oxygen atoms in total. The van der Waals surface area contributed by atoms with Crippen LogP contribution in [-0.2, 0) is 4.74 Å². The lowest BCUT2D eigenvalue weighted by Gasteiger charge is -2.36. The smallest absolute Gasteiger partial charge is 0.337 e. The van der Waals surface area contributed by atoms with Crippen LogP contribution in [0.5, 0.6) is 0 Å². The van der Waals surface area contributed by atoms with Crippen LogP contribution in [0.2, 0.25) is 5.02 Å². The molecule has 0 atom stereocenters. The molecule has 0 bridgehead atoms. The van der Waals surface area contributed by atoms with Gasteiger partial charge in [0.15, 0.2) is 0 Å². The zero-order chi connectivity index (χ0) is 22.5. The predicted octanol–water partition coefficient (Wildman–Crippen LogP) is 3.43. The molecule has 1 saturated heterocycles. The second kappa shape index (κ2) is 9.76. The number of hydrogen-bond donors (Lipinski definition) is 1. The van der Waals surface area contributed by atoms with Crippen LogP contribution in [0.15, 0.2) is 36.4 Å². The number of benzene rings is 2. The Kier molecular flexibility index (Phi) is 7.09. The molecule has 1 N–H and O–H groups in total. The van der Waals surface area contributed by atoms with Gasteiger partial charge in [-0.25, -0.2) is 4.79 Å². The molecule has 0 unspecified atom stereocenters. The number of anilines is 2. The summed E-state index contributed by atoms with van der Waals surface area (Å²) in [5.74, 6) is -1.14. The van der Waals surface area contributed by atoms with E-state index in [1.54, 1.807) is 12.1 Å². The van der Waals surface area contributed by atoms with Gasteiger partial charge in [0.05, 0.1) is 39.6 Å². The number of amides is 1. The number of carbonyl (C=O) groups excluding carboxylic acids is 2. The van der Waals surface area contributed by atoms with Crippen LogP contribution in [-0.4, -0.2) is 61.5 Å². The first-order chi connectivity index (χ1) is 14.8. The van der Waals surface area contributed by atoms with E-state index in [1.807, 2.05) is 0 Å². The van der Waals surface area contributed by atoms with Gasteiger partial charge in [0.1, 0.15) is 0 Å². The number of esters is 1. The highest BCUT2D eigenvalue weighted by Gasteiger charge is 2.22. The lowest BCUT2D eigenvalue weighted by molar-refractivity contribution is -0.384. The summed E-state index contributed by atoms with van der Waals surface area (Å²) in [6.07, 6.45) is 0. The Hall–Kier alpha value is -3.17. The van der Waals surface area contributed by atoms with Crippen molar-refractivity contribution in [1.82, 2.24) is 4.90 Å². The third-order valence-corrected chi connectivity index (χ3v) is 5.56. The summed E-state index contributed by atoms with van der Waals surface area (Å²) in [6.45, 7) is 6.33. The molecule has 0 saturated carbocycles. The standard InChI is InChI=1S/C21H23ClN4O5/c1-3-24-8-10-25(11-9-24)19-7-4-14(21(28)31-2)12-18(19)23-20(27)16-13-15(26(29)30)5-6-17(16)22/h4-7,12-13H,3,8-11H2,1-2H3,(H,23,27). The van der Waals surface area contributed by atoms with Gasteiger partial charge in [-0.1, -0.05) is 18.5 Å². The van der Waals surface area contributed by atoms with E-state index in [9.17, 15) is 19.7 Å². The first-order valence-corrected chi connectivity index (χ1v) is 10.2. The first kappa shape index (κ1) is 22.5. The maximum Gasteiger partial charge on any atom is 0.337 e. The van der Waals surface area contributed by atoms with Crippen molar-refractivity contribution in [3.05, 3.63) is 62.7 Å². The second-order valence-corrected chi connectivity index (χ2v) is 7.43. The molecule has 164 valence electrons. The number of non-ortho nitro benzene ring substituents is 1. The lowest BCUT2D eigenvalue weighted by atomic mass is 10.1. The van der Waals surface area contributed by atoms with E-state index in [4.69, 9.17) is 16.3 Å². The molecule has 31 heavy (non-hydrogen) atoms. The van der Waals surface area contributed by atoms with Gasteiger partial charge in [0.25, 0.3) is 11.6 Å². The van der Waals surface area contributed by atoms with Crippen molar-refractivity contribution in [2.75, 3.05) is 50.1 Å². The number of piperazine rings is 1. The van der Waals surface area contributed by atoms with E-state index in [0.29, 0.717) is 5.69 Å². The van der Waals surface area contributed by atoms with Crippen molar-refractivity contribution in [1.29, 1.82) is 0 Å². The Bertz CT molecular complexity index is 1010. The third-order valence-electron chi connectivity index (χ3n) is 5.23. The Morgan fingerprint density at radius 2 is 1.87 bits per heavy atom. The van der Waals surface area contributed by atoms with Gasteiger partial charge in [-0.15, -0.1) is 0 Å². The van der Waals surface area contributed by atoms with Crippen molar-refractivity contribution < 1.29 is 19.2 Å². The van der Waals surface area contributed by atoms with Gasteiger partial charge in [-0.2, -0.15) is 0 Å². The molecule has 1 amide bonds. The van der Waals surface area contributed by atoms with E-state index in [2.05, 4.69) is 22.0 Å². The fraction of sp³-hybridized carbons (Fsp3) is 0.333. The Labute approximate surface area is 184 Å². The van der Waals surface area contributed by atoms with Crippen LogP contribution < -0.4 is 10.2 Å². The van der Waals surface area contributed by atoms with Gasteiger partial charge in [0.2, 0.25) is 0 Å². The number of likely N-dealkylation sites (N-methyl/N-ethyl adjacent to an activating group) is 1. The van der Waals surface area contributed by atoms with E-state index in [1.165, 1.54) is 25.3 Å². The quantitative estimate of drug-likeness (QED) is 0.411. The molecule has 1 heterocycles. The fourth-order valence-electron chi connectivity index (χ4n) is 3.45. The molecular weight excluding hydrogens is 424 g/mol. The predicted molar refractivity (Wildman–Crippen MR) is 118 cm³/mol. The van der Waals surface area contributed by atoms with E-state index in [-0.39, 0.29) is 21.8 Å². The highest BCUT2D eigenvalue weighted by atomic mass is 35.5. The van der Waals surface area contributed by atoms with E-state index < -0.39 is 16.8 Å². The molecule has 2 aromatic carbocycles. The minimum absolute atomic E-state index is 0.0268. The second-order valence-electron chi connectivity index (χ2n) is 7.02. The largest absolute Gasteiger partial charge is 0.465 e. The summed E-state index contributed by atoms with van der Waals surface area (Å²) in [6, 6.07) is 8.61. The molecule has 1 aliphatic heterocycles. The van der Waals surface area contributed by atoms with Crippen molar-refractivity contribution in [2.45, 2.75) is 6.92 Å². The van der Waals surface area contributed by atoms with Crippen LogP contribution in [0, 0.1) is 10.1 Å². The molecule has 0 aromatic heterocycles.